The van der Waals surface area contributed by atoms with Gasteiger partial charge in [0, 0.05) is 11.3 Å². The van der Waals surface area contributed by atoms with Gasteiger partial charge in [0.25, 0.3) is 0 Å². The normalized spacial score (nSPS) is 19.1. The molecule has 6 nitrogen and oxygen atoms in total. The van der Waals surface area contributed by atoms with Crippen LogP contribution in [0.4, 0.5) is 19.3 Å². The predicted octanol–water partition coefficient (Wildman–Crippen LogP) is 3.10. The third kappa shape index (κ3) is 3.59. The van der Waals surface area contributed by atoms with Gasteiger partial charge >= 0.3 is 6.03 Å². The molecule has 0 bridgehead atoms. The fourth-order valence-electron chi connectivity index (χ4n) is 3.00. The first-order valence-electron chi connectivity index (χ1n) is 8.06. The lowest BCUT2D eigenvalue weighted by atomic mass is 9.87. The van der Waals surface area contributed by atoms with Gasteiger partial charge in [-0.25, -0.2) is 13.6 Å². The number of methoxy groups -OCH3 is 1. The van der Waals surface area contributed by atoms with Crippen molar-refractivity contribution < 1.29 is 23.1 Å². The number of amides is 3. The molecule has 27 heavy (non-hydrogen) atoms. The van der Waals surface area contributed by atoms with Crippen LogP contribution in [0, 0.1) is 17.6 Å². The maximum Gasteiger partial charge on any atom is 0.319 e. The van der Waals surface area contributed by atoms with Gasteiger partial charge in [-0.15, -0.1) is 0 Å². The third-order valence-electron chi connectivity index (χ3n) is 4.23. The molecule has 3 amide bonds. The SMILES string of the molecule is C=C1NC(=O)N[C@H](c2c(F)cccc2F)[C@H]1C(=O)Nc1ccccc1OC. The van der Waals surface area contributed by atoms with Gasteiger partial charge in [0.05, 0.1) is 18.8 Å². The zero-order valence-electron chi connectivity index (χ0n) is 14.4. The molecule has 2 atom stereocenters. The number of carbonyl (C=O) groups is 2. The zero-order valence-corrected chi connectivity index (χ0v) is 14.4. The van der Waals surface area contributed by atoms with Crippen LogP contribution in [-0.2, 0) is 4.79 Å². The summed E-state index contributed by atoms with van der Waals surface area (Å²) < 4.78 is 33.7. The number of ether oxygens (including phenoxy) is 1. The molecule has 0 spiro atoms. The van der Waals surface area contributed by atoms with Crippen LogP contribution in [0.5, 0.6) is 5.75 Å². The van der Waals surface area contributed by atoms with E-state index in [1.807, 2.05) is 0 Å². The largest absolute Gasteiger partial charge is 0.495 e. The van der Waals surface area contributed by atoms with Gasteiger partial charge in [-0.1, -0.05) is 24.8 Å². The molecule has 0 unspecified atom stereocenters. The minimum absolute atomic E-state index is 0.0267. The van der Waals surface area contributed by atoms with E-state index in [0.717, 1.165) is 12.1 Å². The number of anilines is 1. The monoisotopic (exact) mass is 373 g/mol. The van der Waals surface area contributed by atoms with Gasteiger partial charge in [-0.3, -0.25) is 4.79 Å². The molecule has 2 aromatic rings. The molecular weight excluding hydrogens is 356 g/mol. The molecule has 0 aliphatic carbocycles. The first-order chi connectivity index (χ1) is 12.9. The van der Waals surface area contributed by atoms with Crippen molar-refractivity contribution in [3.05, 3.63) is 71.9 Å². The van der Waals surface area contributed by atoms with Crippen LogP contribution in [0.25, 0.3) is 0 Å². The van der Waals surface area contributed by atoms with Crippen LogP contribution in [0.2, 0.25) is 0 Å². The smallest absolute Gasteiger partial charge is 0.319 e. The lowest BCUT2D eigenvalue weighted by Crippen LogP contribution is -2.52. The van der Waals surface area contributed by atoms with Crippen molar-refractivity contribution in [1.29, 1.82) is 0 Å². The Morgan fingerprint density at radius 3 is 2.48 bits per heavy atom. The third-order valence-corrected chi connectivity index (χ3v) is 4.23. The molecule has 2 aromatic carbocycles. The molecule has 1 fully saturated rings. The Morgan fingerprint density at radius 1 is 1.15 bits per heavy atom. The summed E-state index contributed by atoms with van der Waals surface area (Å²) in [5.41, 5.74) is -0.00469. The number of hydrogen-bond donors (Lipinski definition) is 3. The zero-order chi connectivity index (χ0) is 19.6. The number of benzene rings is 2. The molecule has 3 N–H and O–H groups in total. The van der Waals surface area contributed by atoms with Crippen molar-refractivity contribution in [1.82, 2.24) is 10.6 Å². The fraction of sp³-hybridized carbons (Fsp3) is 0.158. The minimum Gasteiger partial charge on any atom is -0.495 e. The summed E-state index contributed by atoms with van der Waals surface area (Å²) in [6.45, 7) is 3.68. The molecule has 0 radical (unpaired) electrons. The Hall–Kier alpha value is -3.42. The standard InChI is InChI=1S/C19H17F2N3O3/c1-10-15(18(25)23-13-8-3-4-9-14(13)27-2)17(24-19(26)22-10)16-11(20)6-5-7-12(16)21/h3-9,15,17H,1H2,2H3,(H,23,25)(H2,22,24,26)/t15-,17-/m0/s1. The highest BCUT2D eigenvalue weighted by Gasteiger charge is 2.40. The summed E-state index contributed by atoms with van der Waals surface area (Å²) in [4.78, 5) is 24.7. The minimum atomic E-state index is -1.26. The summed E-state index contributed by atoms with van der Waals surface area (Å²) in [5, 5.41) is 7.44. The van der Waals surface area contributed by atoms with E-state index in [4.69, 9.17) is 4.74 Å². The van der Waals surface area contributed by atoms with Crippen molar-refractivity contribution in [2.75, 3.05) is 12.4 Å². The fourth-order valence-corrected chi connectivity index (χ4v) is 3.00. The van der Waals surface area contributed by atoms with Gasteiger partial charge < -0.3 is 20.7 Å². The van der Waals surface area contributed by atoms with Crippen LogP contribution in [-0.4, -0.2) is 19.0 Å². The number of carbonyl (C=O) groups excluding carboxylic acids is 2. The highest BCUT2D eigenvalue weighted by atomic mass is 19.1. The first kappa shape index (κ1) is 18.4. The molecule has 0 saturated carbocycles. The van der Waals surface area contributed by atoms with E-state index in [2.05, 4.69) is 22.5 Å². The van der Waals surface area contributed by atoms with Crippen LogP contribution in [0.15, 0.2) is 54.7 Å². The Kier molecular flexibility index (Phi) is 5.07. The van der Waals surface area contributed by atoms with Crippen molar-refractivity contribution in [3.63, 3.8) is 0 Å². The summed E-state index contributed by atoms with van der Waals surface area (Å²) in [5.74, 6) is -3.09. The number of para-hydroxylation sites is 2. The van der Waals surface area contributed by atoms with E-state index in [-0.39, 0.29) is 5.70 Å². The average molecular weight is 373 g/mol. The summed E-state index contributed by atoms with van der Waals surface area (Å²) in [7, 11) is 1.45. The summed E-state index contributed by atoms with van der Waals surface area (Å²) in [6.07, 6.45) is 0. The molecule has 1 heterocycles. The van der Waals surface area contributed by atoms with Crippen LogP contribution >= 0.6 is 0 Å². The van der Waals surface area contributed by atoms with E-state index in [1.54, 1.807) is 24.3 Å². The van der Waals surface area contributed by atoms with Crippen molar-refractivity contribution in [3.8, 4) is 5.75 Å². The van der Waals surface area contributed by atoms with Crippen molar-refractivity contribution in [2.45, 2.75) is 6.04 Å². The van der Waals surface area contributed by atoms with E-state index in [9.17, 15) is 18.4 Å². The Bertz CT molecular complexity index is 897. The molecular formula is C19H17F2N3O3. The van der Waals surface area contributed by atoms with Crippen LogP contribution in [0.1, 0.15) is 11.6 Å². The number of hydrogen-bond acceptors (Lipinski definition) is 3. The Morgan fingerprint density at radius 2 is 1.81 bits per heavy atom. The highest BCUT2D eigenvalue weighted by Crippen LogP contribution is 2.34. The van der Waals surface area contributed by atoms with E-state index >= 15 is 0 Å². The first-order valence-corrected chi connectivity index (χ1v) is 8.06. The van der Waals surface area contributed by atoms with E-state index in [1.165, 1.54) is 13.2 Å². The van der Waals surface area contributed by atoms with Crippen molar-refractivity contribution >= 4 is 17.6 Å². The molecule has 8 heteroatoms. The molecule has 1 aliphatic rings. The van der Waals surface area contributed by atoms with Gasteiger partial charge in [-0.05, 0) is 24.3 Å². The Balaban J connectivity index is 1.98. The van der Waals surface area contributed by atoms with Gasteiger partial charge in [0.2, 0.25) is 5.91 Å². The quantitative estimate of drug-likeness (QED) is 0.771. The van der Waals surface area contributed by atoms with Gasteiger partial charge in [0.15, 0.2) is 0 Å². The lowest BCUT2D eigenvalue weighted by Gasteiger charge is -2.34. The van der Waals surface area contributed by atoms with E-state index in [0.29, 0.717) is 11.4 Å². The van der Waals surface area contributed by atoms with Crippen molar-refractivity contribution in [2.24, 2.45) is 5.92 Å². The molecule has 1 aliphatic heterocycles. The maximum absolute atomic E-state index is 14.3. The number of halogens is 2. The lowest BCUT2D eigenvalue weighted by molar-refractivity contribution is -0.119. The second kappa shape index (κ2) is 7.45. The van der Waals surface area contributed by atoms with E-state index < -0.39 is 41.1 Å². The second-order valence-corrected chi connectivity index (χ2v) is 5.90. The highest BCUT2D eigenvalue weighted by molar-refractivity contribution is 5.98. The number of nitrogens with one attached hydrogen (secondary N) is 3. The summed E-state index contributed by atoms with van der Waals surface area (Å²) >= 11 is 0. The number of rotatable bonds is 4. The van der Waals surface area contributed by atoms with Gasteiger partial charge in [0.1, 0.15) is 23.3 Å². The second-order valence-electron chi connectivity index (χ2n) is 5.90. The molecule has 140 valence electrons. The van der Waals surface area contributed by atoms with Gasteiger partial charge in [-0.2, -0.15) is 0 Å². The molecule has 3 rings (SSSR count). The predicted molar refractivity (Wildman–Crippen MR) is 95.0 cm³/mol. The molecule has 1 saturated heterocycles. The Labute approximate surface area is 154 Å². The topological polar surface area (TPSA) is 79.5 Å². The summed E-state index contributed by atoms with van der Waals surface area (Å²) in [6, 6.07) is 8.06. The van der Waals surface area contributed by atoms with Crippen LogP contribution < -0.4 is 20.7 Å². The molecule has 0 aromatic heterocycles. The van der Waals surface area contributed by atoms with Crippen LogP contribution in [0.3, 0.4) is 0 Å². The maximum atomic E-state index is 14.3. The average Bonchev–Trinajstić information content (AvgIpc) is 2.61. The number of urea groups is 1.